The van der Waals surface area contributed by atoms with E-state index in [1.807, 2.05) is 41.3 Å². The van der Waals surface area contributed by atoms with Crippen LogP contribution in [-0.2, 0) is 0 Å². The number of hydrogen-bond donors (Lipinski definition) is 1. The molecule has 2 atom stereocenters. The third-order valence-electron chi connectivity index (χ3n) is 4.59. The highest BCUT2D eigenvalue weighted by Gasteiger charge is 2.32. The zero-order chi connectivity index (χ0) is 15.7. The van der Waals surface area contributed by atoms with E-state index in [-0.39, 0.29) is 24.4 Å². The first-order chi connectivity index (χ1) is 10.7. The first-order valence-electron chi connectivity index (χ1n) is 7.72. The highest BCUT2D eigenvalue weighted by atomic mass is 35.5. The molecule has 2 aromatic carbocycles. The number of hydrogen-bond acceptors (Lipinski definition) is 3. The second kappa shape index (κ2) is 7.20. The van der Waals surface area contributed by atoms with Crippen LogP contribution in [-0.4, -0.2) is 37.0 Å². The van der Waals surface area contributed by atoms with Gasteiger partial charge >= 0.3 is 0 Å². The van der Waals surface area contributed by atoms with E-state index in [0.29, 0.717) is 12.5 Å². The molecule has 1 aliphatic rings. The Morgan fingerprint density at radius 3 is 2.57 bits per heavy atom. The van der Waals surface area contributed by atoms with Crippen molar-refractivity contribution in [2.24, 2.45) is 11.7 Å². The van der Waals surface area contributed by atoms with E-state index < -0.39 is 0 Å². The van der Waals surface area contributed by atoms with Gasteiger partial charge in [0.25, 0.3) is 5.91 Å². The number of nitrogens with zero attached hydrogens (tertiary/aromatic N) is 1. The standard InChI is InChI=1S/C18H22N2O2.ClH/c1-12-9-13(10-19)11-20(12)18(21)16-7-8-17(22-2)15-6-4-3-5-14(15)16;/h3-8,12-13H,9-11,19H2,1-2H3;1H. The fourth-order valence-corrected chi connectivity index (χ4v) is 3.39. The molecule has 1 aliphatic heterocycles. The quantitative estimate of drug-likeness (QED) is 0.938. The smallest absolute Gasteiger partial charge is 0.254 e. The molecule has 2 aromatic rings. The lowest BCUT2D eigenvalue weighted by Crippen LogP contribution is -2.34. The van der Waals surface area contributed by atoms with Crippen LogP contribution >= 0.6 is 12.4 Å². The van der Waals surface area contributed by atoms with Gasteiger partial charge in [0, 0.05) is 23.5 Å². The number of carbonyl (C=O) groups excluding carboxylic acids is 1. The Bertz CT molecular complexity index is 704. The van der Waals surface area contributed by atoms with Crippen LogP contribution in [0.2, 0.25) is 0 Å². The summed E-state index contributed by atoms with van der Waals surface area (Å²) in [6, 6.07) is 11.9. The van der Waals surface area contributed by atoms with Gasteiger partial charge in [-0.3, -0.25) is 4.79 Å². The van der Waals surface area contributed by atoms with E-state index in [9.17, 15) is 4.79 Å². The monoisotopic (exact) mass is 334 g/mol. The van der Waals surface area contributed by atoms with Gasteiger partial charge in [0.05, 0.1) is 7.11 Å². The molecule has 0 bridgehead atoms. The van der Waals surface area contributed by atoms with Crippen molar-refractivity contribution in [1.82, 2.24) is 4.90 Å². The molecule has 0 radical (unpaired) electrons. The van der Waals surface area contributed by atoms with Crippen LogP contribution < -0.4 is 10.5 Å². The summed E-state index contributed by atoms with van der Waals surface area (Å²) >= 11 is 0. The highest BCUT2D eigenvalue weighted by Crippen LogP contribution is 2.31. The molecule has 3 rings (SSSR count). The maximum absolute atomic E-state index is 13.0. The van der Waals surface area contributed by atoms with Crippen molar-refractivity contribution in [2.75, 3.05) is 20.2 Å². The second-order valence-corrected chi connectivity index (χ2v) is 6.00. The molecule has 0 aromatic heterocycles. The van der Waals surface area contributed by atoms with Gasteiger partial charge < -0.3 is 15.4 Å². The van der Waals surface area contributed by atoms with E-state index >= 15 is 0 Å². The lowest BCUT2D eigenvalue weighted by molar-refractivity contribution is 0.0745. The molecule has 5 heteroatoms. The van der Waals surface area contributed by atoms with Crippen molar-refractivity contribution in [3.8, 4) is 5.75 Å². The van der Waals surface area contributed by atoms with Crippen LogP contribution in [0, 0.1) is 5.92 Å². The molecular weight excluding hydrogens is 312 g/mol. The molecule has 124 valence electrons. The summed E-state index contributed by atoms with van der Waals surface area (Å²) in [4.78, 5) is 14.9. The summed E-state index contributed by atoms with van der Waals surface area (Å²) in [5.74, 6) is 1.28. The first kappa shape index (κ1) is 17.6. The van der Waals surface area contributed by atoms with Gasteiger partial charge in [0.2, 0.25) is 0 Å². The number of fused-ring (bicyclic) bond motifs is 1. The SMILES string of the molecule is COc1ccc(C(=O)N2CC(CN)CC2C)c2ccccc12.Cl. The Labute approximate surface area is 143 Å². The van der Waals surface area contributed by atoms with Crippen molar-refractivity contribution >= 4 is 29.1 Å². The van der Waals surface area contributed by atoms with Crippen LogP contribution in [0.4, 0.5) is 0 Å². The van der Waals surface area contributed by atoms with Crippen molar-refractivity contribution in [2.45, 2.75) is 19.4 Å². The fraction of sp³-hybridized carbons (Fsp3) is 0.389. The minimum atomic E-state index is 0. The van der Waals surface area contributed by atoms with E-state index in [2.05, 4.69) is 6.92 Å². The molecule has 23 heavy (non-hydrogen) atoms. The van der Waals surface area contributed by atoms with Crippen LogP contribution in [0.3, 0.4) is 0 Å². The van der Waals surface area contributed by atoms with Gasteiger partial charge in [0.15, 0.2) is 0 Å². The minimum absolute atomic E-state index is 0. The molecule has 1 amide bonds. The Kier molecular flexibility index (Phi) is 5.50. The van der Waals surface area contributed by atoms with E-state index in [1.54, 1.807) is 7.11 Å². The second-order valence-electron chi connectivity index (χ2n) is 6.00. The maximum Gasteiger partial charge on any atom is 0.254 e. The number of methoxy groups -OCH3 is 1. The van der Waals surface area contributed by atoms with Crippen LogP contribution in [0.5, 0.6) is 5.75 Å². The first-order valence-corrected chi connectivity index (χ1v) is 7.72. The van der Waals surface area contributed by atoms with Gasteiger partial charge in [-0.2, -0.15) is 0 Å². The number of benzene rings is 2. The molecule has 0 aliphatic carbocycles. The number of ether oxygens (including phenoxy) is 1. The number of amides is 1. The van der Waals surface area contributed by atoms with E-state index in [0.717, 1.165) is 35.1 Å². The number of carbonyl (C=O) groups is 1. The molecule has 0 spiro atoms. The highest BCUT2D eigenvalue weighted by molar-refractivity contribution is 6.08. The number of nitrogens with two attached hydrogens (primary N) is 1. The lowest BCUT2D eigenvalue weighted by atomic mass is 10.0. The largest absolute Gasteiger partial charge is 0.496 e. The molecule has 1 saturated heterocycles. The summed E-state index contributed by atoms with van der Waals surface area (Å²) in [5.41, 5.74) is 6.51. The Balaban J connectivity index is 0.00000192. The minimum Gasteiger partial charge on any atom is -0.496 e. The summed E-state index contributed by atoms with van der Waals surface area (Å²) < 4.78 is 5.40. The number of rotatable bonds is 3. The van der Waals surface area contributed by atoms with Crippen molar-refractivity contribution in [3.05, 3.63) is 42.0 Å². The maximum atomic E-state index is 13.0. The van der Waals surface area contributed by atoms with Gasteiger partial charge in [-0.25, -0.2) is 0 Å². The van der Waals surface area contributed by atoms with Crippen LogP contribution in [0.1, 0.15) is 23.7 Å². The van der Waals surface area contributed by atoms with Gasteiger partial charge in [-0.15, -0.1) is 12.4 Å². The summed E-state index contributed by atoms with van der Waals surface area (Å²) in [5, 5.41) is 1.91. The molecular formula is C18H23ClN2O2. The predicted molar refractivity (Wildman–Crippen MR) is 95.4 cm³/mol. The van der Waals surface area contributed by atoms with Gasteiger partial charge in [-0.1, -0.05) is 24.3 Å². The molecule has 4 nitrogen and oxygen atoms in total. The molecule has 2 unspecified atom stereocenters. The van der Waals surface area contributed by atoms with Gasteiger partial charge in [-0.05, 0) is 43.3 Å². The average Bonchev–Trinajstić information content (AvgIpc) is 2.94. The molecule has 1 heterocycles. The summed E-state index contributed by atoms with van der Waals surface area (Å²) in [7, 11) is 1.65. The summed E-state index contributed by atoms with van der Waals surface area (Å²) in [6.07, 6.45) is 0.982. The van der Waals surface area contributed by atoms with E-state index in [4.69, 9.17) is 10.5 Å². The third-order valence-corrected chi connectivity index (χ3v) is 4.59. The third kappa shape index (κ3) is 3.14. The lowest BCUT2D eigenvalue weighted by Gasteiger charge is -2.22. The zero-order valence-corrected chi connectivity index (χ0v) is 14.3. The molecule has 0 saturated carbocycles. The van der Waals surface area contributed by atoms with Crippen LogP contribution in [0.25, 0.3) is 10.8 Å². The fourth-order valence-electron chi connectivity index (χ4n) is 3.39. The Hall–Kier alpha value is -1.78. The summed E-state index contributed by atoms with van der Waals surface area (Å²) in [6.45, 7) is 3.48. The van der Waals surface area contributed by atoms with Gasteiger partial charge in [0.1, 0.15) is 5.75 Å². The van der Waals surface area contributed by atoms with Crippen molar-refractivity contribution < 1.29 is 9.53 Å². The Morgan fingerprint density at radius 2 is 1.96 bits per heavy atom. The predicted octanol–water partition coefficient (Wildman–Crippen LogP) is 3.08. The van der Waals surface area contributed by atoms with Crippen molar-refractivity contribution in [1.29, 1.82) is 0 Å². The zero-order valence-electron chi connectivity index (χ0n) is 13.5. The normalized spacial score (nSPS) is 20.4. The molecule has 2 N–H and O–H groups in total. The average molecular weight is 335 g/mol. The van der Waals surface area contributed by atoms with Crippen molar-refractivity contribution in [3.63, 3.8) is 0 Å². The topological polar surface area (TPSA) is 55.6 Å². The molecule has 1 fully saturated rings. The van der Waals surface area contributed by atoms with E-state index in [1.165, 1.54) is 0 Å². The number of likely N-dealkylation sites (tertiary alicyclic amines) is 1. The van der Waals surface area contributed by atoms with Crippen LogP contribution in [0.15, 0.2) is 36.4 Å². The Morgan fingerprint density at radius 1 is 1.26 bits per heavy atom. The number of halogens is 1.